The lowest BCUT2D eigenvalue weighted by atomic mass is 10.2. The summed E-state index contributed by atoms with van der Waals surface area (Å²) in [5.41, 5.74) is 0.922. The first-order valence-electron chi connectivity index (χ1n) is 4.42. The Balaban J connectivity index is 2.62. The topological polar surface area (TPSA) is 12.0 Å². The fraction of sp³-hybridized carbons (Fsp3) is 0.273. The highest BCUT2D eigenvalue weighted by Gasteiger charge is 2.00. The van der Waals surface area contributed by atoms with Crippen molar-refractivity contribution in [2.75, 3.05) is 0 Å². The molecule has 1 aromatic rings. The Morgan fingerprint density at radius 3 is 2.86 bits per heavy atom. The fourth-order valence-electron chi connectivity index (χ4n) is 1.08. The van der Waals surface area contributed by atoms with E-state index >= 15 is 0 Å². The van der Waals surface area contributed by atoms with Crippen LogP contribution in [-0.2, 0) is 6.54 Å². The van der Waals surface area contributed by atoms with Gasteiger partial charge in [-0.1, -0.05) is 22.0 Å². The average Bonchev–Trinajstić information content (AvgIpc) is 2.12. The fourth-order valence-corrected chi connectivity index (χ4v) is 1.59. The molecular formula is C11H13BrFN. The maximum Gasteiger partial charge on any atom is 0.124 e. The number of hydrogen-bond donors (Lipinski definition) is 1. The van der Waals surface area contributed by atoms with Gasteiger partial charge in [-0.2, -0.15) is 0 Å². The first-order chi connectivity index (χ1) is 6.61. The highest BCUT2D eigenvalue weighted by molar-refractivity contribution is 9.10. The van der Waals surface area contributed by atoms with Crippen LogP contribution in [0.1, 0.15) is 12.5 Å². The van der Waals surface area contributed by atoms with E-state index in [0.29, 0.717) is 6.54 Å². The van der Waals surface area contributed by atoms with Gasteiger partial charge in [0.25, 0.3) is 0 Å². The third-order valence-electron chi connectivity index (χ3n) is 1.90. The molecule has 76 valence electrons. The molecule has 1 aromatic carbocycles. The highest BCUT2D eigenvalue weighted by Crippen LogP contribution is 2.14. The molecule has 0 amide bonds. The van der Waals surface area contributed by atoms with Crippen molar-refractivity contribution in [1.82, 2.24) is 5.32 Å². The SMILES string of the molecule is C=CC(C)NCc1cc(F)cc(Br)c1. The minimum absolute atomic E-state index is 0.220. The van der Waals surface area contributed by atoms with E-state index in [4.69, 9.17) is 0 Å². The van der Waals surface area contributed by atoms with Gasteiger partial charge in [-0.05, 0) is 30.7 Å². The Labute approximate surface area is 92.1 Å². The zero-order chi connectivity index (χ0) is 10.6. The summed E-state index contributed by atoms with van der Waals surface area (Å²) in [6, 6.07) is 5.09. The van der Waals surface area contributed by atoms with Gasteiger partial charge in [-0.3, -0.25) is 0 Å². The molecule has 0 aliphatic rings. The summed E-state index contributed by atoms with van der Waals surface area (Å²) in [5, 5.41) is 3.20. The molecule has 0 saturated carbocycles. The molecule has 0 aliphatic carbocycles. The monoisotopic (exact) mass is 257 g/mol. The van der Waals surface area contributed by atoms with E-state index < -0.39 is 0 Å². The van der Waals surface area contributed by atoms with Gasteiger partial charge < -0.3 is 5.32 Å². The number of benzene rings is 1. The van der Waals surface area contributed by atoms with Gasteiger partial charge in [0.05, 0.1) is 0 Å². The van der Waals surface area contributed by atoms with Gasteiger partial charge >= 0.3 is 0 Å². The van der Waals surface area contributed by atoms with Gasteiger partial charge in [0.1, 0.15) is 5.82 Å². The molecule has 0 spiro atoms. The predicted octanol–water partition coefficient (Wildman–Crippen LogP) is 3.25. The molecule has 1 atom stereocenters. The van der Waals surface area contributed by atoms with E-state index in [1.54, 1.807) is 0 Å². The number of hydrogen-bond acceptors (Lipinski definition) is 1. The highest BCUT2D eigenvalue weighted by atomic mass is 79.9. The lowest BCUT2D eigenvalue weighted by molar-refractivity contribution is 0.609. The zero-order valence-corrected chi connectivity index (χ0v) is 9.64. The predicted molar refractivity (Wildman–Crippen MR) is 60.6 cm³/mol. The molecule has 0 bridgehead atoms. The van der Waals surface area contributed by atoms with Crippen LogP contribution in [0.2, 0.25) is 0 Å². The lowest BCUT2D eigenvalue weighted by Crippen LogP contribution is -2.22. The molecule has 0 aliphatic heterocycles. The maximum absolute atomic E-state index is 13.0. The second-order valence-electron chi connectivity index (χ2n) is 3.18. The summed E-state index contributed by atoms with van der Waals surface area (Å²) in [4.78, 5) is 0. The molecule has 1 N–H and O–H groups in total. The number of rotatable bonds is 4. The van der Waals surface area contributed by atoms with Crippen LogP contribution in [0.25, 0.3) is 0 Å². The zero-order valence-electron chi connectivity index (χ0n) is 8.06. The normalized spacial score (nSPS) is 12.5. The van der Waals surface area contributed by atoms with Crippen LogP contribution in [0.3, 0.4) is 0 Å². The van der Waals surface area contributed by atoms with Crippen molar-refractivity contribution in [2.45, 2.75) is 19.5 Å². The van der Waals surface area contributed by atoms with Crippen LogP contribution in [-0.4, -0.2) is 6.04 Å². The first-order valence-corrected chi connectivity index (χ1v) is 5.22. The second kappa shape index (κ2) is 5.27. The maximum atomic E-state index is 13.0. The van der Waals surface area contributed by atoms with Crippen LogP contribution in [0, 0.1) is 5.82 Å². The molecule has 1 unspecified atom stereocenters. The number of nitrogens with one attached hydrogen (secondary N) is 1. The number of halogens is 2. The van der Waals surface area contributed by atoms with Crippen LogP contribution < -0.4 is 5.32 Å². The summed E-state index contributed by atoms with van der Waals surface area (Å²) >= 11 is 3.25. The molecule has 1 nitrogen and oxygen atoms in total. The largest absolute Gasteiger partial charge is 0.307 e. The van der Waals surface area contributed by atoms with Gasteiger partial charge in [-0.15, -0.1) is 6.58 Å². The summed E-state index contributed by atoms with van der Waals surface area (Å²) in [7, 11) is 0. The molecule has 0 aromatic heterocycles. The summed E-state index contributed by atoms with van der Waals surface area (Å²) in [6.07, 6.45) is 1.81. The molecule has 0 heterocycles. The van der Waals surface area contributed by atoms with E-state index in [2.05, 4.69) is 27.8 Å². The van der Waals surface area contributed by atoms with Crippen LogP contribution in [0.15, 0.2) is 35.3 Å². The van der Waals surface area contributed by atoms with E-state index in [1.807, 2.05) is 19.1 Å². The molecule has 0 fully saturated rings. The third-order valence-corrected chi connectivity index (χ3v) is 2.36. The van der Waals surface area contributed by atoms with Crippen LogP contribution >= 0.6 is 15.9 Å². The van der Waals surface area contributed by atoms with Crippen molar-refractivity contribution in [1.29, 1.82) is 0 Å². The Morgan fingerprint density at radius 2 is 2.29 bits per heavy atom. The van der Waals surface area contributed by atoms with Crippen molar-refractivity contribution in [2.24, 2.45) is 0 Å². The summed E-state index contributed by atoms with van der Waals surface area (Å²) in [6.45, 7) is 6.31. The minimum Gasteiger partial charge on any atom is -0.307 e. The smallest absolute Gasteiger partial charge is 0.124 e. The first kappa shape index (κ1) is 11.4. The van der Waals surface area contributed by atoms with E-state index in [0.717, 1.165) is 10.0 Å². The van der Waals surface area contributed by atoms with Crippen molar-refractivity contribution in [3.8, 4) is 0 Å². The Bertz CT molecular complexity index is 305. The van der Waals surface area contributed by atoms with Gasteiger partial charge in [0, 0.05) is 17.1 Å². The van der Waals surface area contributed by atoms with Gasteiger partial charge in [-0.25, -0.2) is 4.39 Å². The van der Waals surface area contributed by atoms with Crippen molar-refractivity contribution < 1.29 is 4.39 Å². The van der Waals surface area contributed by atoms with Gasteiger partial charge in [0.15, 0.2) is 0 Å². The molecule has 0 saturated heterocycles. The van der Waals surface area contributed by atoms with E-state index in [9.17, 15) is 4.39 Å². The molecular weight excluding hydrogens is 245 g/mol. The molecule has 3 heteroatoms. The van der Waals surface area contributed by atoms with Crippen LogP contribution in [0.5, 0.6) is 0 Å². The van der Waals surface area contributed by atoms with Crippen molar-refractivity contribution in [3.63, 3.8) is 0 Å². The third kappa shape index (κ3) is 3.60. The Morgan fingerprint density at radius 1 is 1.57 bits per heavy atom. The van der Waals surface area contributed by atoms with E-state index in [-0.39, 0.29) is 11.9 Å². The molecule has 14 heavy (non-hydrogen) atoms. The van der Waals surface area contributed by atoms with Crippen molar-refractivity contribution >= 4 is 15.9 Å². The average molecular weight is 258 g/mol. The second-order valence-corrected chi connectivity index (χ2v) is 4.10. The standard InChI is InChI=1S/C11H13BrFN/c1-3-8(2)14-7-9-4-10(12)6-11(13)5-9/h3-6,8,14H,1,7H2,2H3. The molecule has 1 rings (SSSR count). The Kier molecular flexibility index (Phi) is 4.29. The summed E-state index contributed by atoms with van der Waals surface area (Å²) < 4.78 is 13.7. The minimum atomic E-state index is -0.220. The van der Waals surface area contributed by atoms with E-state index in [1.165, 1.54) is 12.1 Å². The molecule has 0 radical (unpaired) electrons. The quantitative estimate of drug-likeness (QED) is 0.817. The van der Waals surface area contributed by atoms with Crippen molar-refractivity contribution in [3.05, 3.63) is 46.7 Å². The lowest BCUT2D eigenvalue weighted by Gasteiger charge is -2.09. The van der Waals surface area contributed by atoms with Crippen LogP contribution in [0.4, 0.5) is 4.39 Å². The van der Waals surface area contributed by atoms with Gasteiger partial charge in [0.2, 0.25) is 0 Å². The Hall–Kier alpha value is -0.670. The summed E-state index contributed by atoms with van der Waals surface area (Å²) in [5.74, 6) is -0.220.